The van der Waals surface area contributed by atoms with Crippen LogP contribution in [-0.2, 0) is 0 Å². The maximum atomic E-state index is 13.5. The van der Waals surface area contributed by atoms with Crippen molar-refractivity contribution in [2.75, 3.05) is 6.79 Å². The van der Waals surface area contributed by atoms with E-state index in [4.69, 9.17) is 9.47 Å². The van der Waals surface area contributed by atoms with Crippen molar-refractivity contribution in [2.24, 2.45) is 0 Å². The number of nitrogens with zero attached hydrogens (tertiary/aromatic N) is 3. The third kappa shape index (κ3) is 3.73. The lowest BCUT2D eigenvalue weighted by Crippen LogP contribution is -2.22. The molecule has 34 heavy (non-hydrogen) atoms. The van der Waals surface area contributed by atoms with Gasteiger partial charge in [-0.3, -0.25) is 19.5 Å². The van der Waals surface area contributed by atoms with E-state index in [1.165, 1.54) is 41.0 Å². The summed E-state index contributed by atoms with van der Waals surface area (Å²) in [6.07, 6.45) is 3.17. The van der Waals surface area contributed by atoms with Gasteiger partial charge in [0.1, 0.15) is 5.82 Å². The molecule has 4 aromatic rings. The molecule has 3 aromatic carbocycles. The van der Waals surface area contributed by atoms with Crippen molar-refractivity contribution in [3.8, 4) is 17.2 Å². The molecule has 1 aromatic heterocycles. The molecule has 0 unspecified atom stereocenters. The molecular weight excluding hydrogens is 442 g/mol. The number of nitro groups is 1. The number of nitro benzene ring substituents is 1. The summed E-state index contributed by atoms with van der Waals surface area (Å²) in [5.41, 5.74) is 0.935. The largest absolute Gasteiger partial charge is 0.478 e. The van der Waals surface area contributed by atoms with Gasteiger partial charge in [0, 0.05) is 18.2 Å². The number of aromatic nitrogens is 2. The summed E-state index contributed by atoms with van der Waals surface area (Å²) in [4.78, 5) is 39.9. The second-order valence-electron chi connectivity index (χ2n) is 7.37. The van der Waals surface area contributed by atoms with Crippen molar-refractivity contribution in [1.29, 1.82) is 0 Å². The Morgan fingerprint density at radius 1 is 1.06 bits per heavy atom. The first-order chi connectivity index (χ1) is 16.4. The summed E-state index contributed by atoms with van der Waals surface area (Å²) in [6, 6.07) is 15.0. The van der Waals surface area contributed by atoms with Crippen molar-refractivity contribution in [3.05, 3.63) is 98.1 Å². The minimum atomic E-state index is -1.09. The van der Waals surface area contributed by atoms with Gasteiger partial charge in [-0.1, -0.05) is 18.2 Å². The summed E-state index contributed by atoms with van der Waals surface area (Å²) in [5.74, 6) is 0.0515. The summed E-state index contributed by atoms with van der Waals surface area (Å²) in [6.45, 7) is 0.0377. The van der Waals surface area contributed by atoms with Crippen molar-refractivity contribution < 1.29 is 24.3 Å². The van der Waals surface area contributed by atoms with Crippen molar-refractivity contribution >= 4 is 34.7 Å². The number of ether oxygens (including phenoxy) is 2. The van der Waals surface area contributed by atoms with Crippen LogP contribution < -0.4 is 15.0 Å². The molecule has 10 nitrogen and oxygen atoms in total. The molecule has 0 bridgehead atoms. The monoisotopic (exact) mass is 457 g/mol. The number of fused-ring (bicyclic) bond motifs is 2. The number of aromatic carboxylic acids is 1. The van der Waals surface area contributed by atoms with E-state index in [9.17, 15) is 24.8 Å². The highest BCUT2D eigenvalue weighted by atomic mass is 16.7. The second kappa shape index (κ2) is 8.17. The average Bonchev–Trinajstić information content (AvgIpc) is 3.29. The molecule has 5 rings (SSSR count). The third-order valence-electron chi connectivity index (χ3n) is 5.27. The van der Waals surface area contributed by atoms with Crippen LogP contribution in [0.2, 0.25) is 0 Å². The SMILES string of the molecule is O=C(O)c1ccc(-n2c(/C=C/c3cccc([N+](=O)[O-])c3)nc3cc4c(cc3c2=O)OCO4)cc1. The minimum absolute atomic E-state index is 0.0377. The van der Waals surface area contributed by atoms with E-state index in [0.29, 0.717) is 33.7 Å². The Balaban J connectivity index is 1.70. The number of hydrogen-bond acceptors (Lipinski definition) is 7. The number of non-ortho nitro benzene ring substituents is 1. The van der Waals surface area contributed by atoms with Gasteiger partial charge in [-0.15, -0.1) is 0 Å². The van der Waals surface area contributed by atoms with Crippen molar-refractivity contribution in [3.63, 3.8) is 0 Å². The maximum absolute atomic E-state index is 13.5. The van der Waals surface area contributed by atoms with Gasteiger partial charge in [0.25, 0.3) is 11.2 Å². The lowest BCUT2D eigenvalue weighted by Gasteiger charge is -2.12. The van der Waals surface area contributed by atoms with Gasteiger partial charge in [0.15, 0.2) is 11.5 Å². The summed E-state index contributed by atoms with van der Waals surface area (Å²) < 4.78 is 12.1. The quantitative estimate of drug-likeness (QED) is 0.352. The van der Waals surface area contributed by atoms with Crippen molar-refractivity contribution in [1.82, 2.24) is 9.55 Å². The van der Waals surface area contributed by atoms with Crippen LogP contribution in [0.5, 0.6) is 11.5 Å². The molecule has 0 saturated heterocycles. The van der Waals surface area contributed by atoms with E-state index in [0.717, 1.165) is 0 Å². The van der Waals surface area contributed by atoms with Gasteiger partial charge in [-0.05, 0) is 42.0 Å². The third-order valence-corrected chi connectivity index (χ3v) is 5.27. The first-order valence-electron chi connectivity index (χ1n) is 10.0. The molecule has 0 fully saturated rings. The van der Waals surface area contributed by atoms with E-state index >= 15 is 0 Å². The molecule has 10 heteroatoms. The van der Waals surface area contributed by atoms with Gasteiger partial charge >= 0.3 is 5.97 Å². The number of hydrogen-bond donors (Lipinski definition) is 1. The Morgan fingerprint density at radius 2 is 1.79 bits per heavy atom. The Hall–Kier alpha value is -4.99. The minimum Gasteiger partial charge on any atom is -0.478 e. The second-order valence-corrected chi connectivity index (χ2v) is 7.37. The number of rotatable bonds is 5. The van der Waals surface area contributed by atoms with Crippen LogP contribution in [0.3, 0.4) is 0 Å². The summed E-state index contributed by atoms with van der Waals surface area (Å²) in [5, 5.41) is 20.6. The molecule has 0 amide bonds. The van der Waals surface area contributed by atoms with E-state index in [1.807, 2.05) is 0 Å². The number of benzene rings is 3. The lowest BCUT2D eigenvalue weighted by atomic mass is 10.1. The van der Waals surface area contributed by atoms with E-state index in [1.54, 1.807) is 36.4 Å². The van der Waals surface area contributed by atoms with Gasteiger partial charge in [-0.25, -0.2) is 9.78 Å². The smallest absolute Gasteiger partial charge is 0.335 e. The Kier molecular flexibility index (Phi) is 5.02. The van der Waals surface area contributed by atoms with Crippen LogP contribution in [0, 0.1) is 10.1 Å². The maximum Gasteiger partial charge on any atom is 0.335 e. The molecule has 0 radical (unpaired) electrons. The van der Waals surface area contributed by atoms with Crippen LogP contribution in [0.25, 0.3) is 28.7 Å². The standard InChI is InChI=1S/C24H15N3O7/c28-23-18-11-20-21(34-13-33-20)12-19(18)25-22(9-4-14-2-1-3-17(10-14)27(31)32)26(23)16-7-5-15(6-8-16)24(29)30/h1-12H,13H2,(H,29,30)/b9-4+. The molecule has 0 aliphatic carbocycles. The van der Waals surface area contributed by atoms with Crippen LogP contribution in [0.15, 0.2) is 65.5 Å². The molecule has 1 aliphatic rings. The zero-order valence-corrected chi connectivity index (χ0v) is 17.4. The highest BCUT2D eigenvalue weighted by Gasteiger charge is 2.19. The highest BCUT2D eigenvalue weighted by molar-refractivity contribution is 5.88. The van der Waals surface area contributed by atoms with Crippen LogP contribution >= 0.6 is 0 Å². The molecule has 1 aliphatic heterocycles. The normalized spacial score (nSPS) is 12.4. The van der Waals surface area contributed by atoms with E-state index in [-0.39, 0.29) is 23.9 Å². The van der Waals surface area contributed by atoms with Gasteiger partial charge in [-0.2, -0.15) is 0 Å². The first kappa shape index (κ1) is 20.9. The van der Waals surface area contributed by atoms with Crippen LogP contribution in [-0.4, -0.2) is 32.3 Å². The number of carbonyl (C=O) groups is 1. The van der Waals surface area contributed by atoms with Gasteiger partial charge in [0.2, 0.25) is 6.79 Å². The summed E-state index contributed by atoms with van der Waals surface area (Å²) in [7, 11) is 0. The predicted molar refractivity (Wildman–Crippen MR) is 122 cm³/mol. The lowest BCUT2D eigenvalue weighted by molar-refractivity contribution is -0.384. The fraction of sp³-hybridized carbons (Fsp3) is 0.0417. The Morgan fingerprint density at radius 3 is 2.50 bits per heavy atom. The van der Waals surface area contributed by atoms with Gasteiger partial charge in [0.05, 0.1) is 27.1 Å². The first-order valence-corrected chi connectivity index (χ1v) is 10.0. The molecule has 1 N–H and O–H groups in total. The molecule has 168 valence electrons. The Bertz CT molecular complexity index is 1560. The number of carboxylic acids is 1. The van der Waals surface area contributed by atoms with E-state index < -0.39 is 16.5 Å². The van der Waals surface area contributed by atoms with Crippen LogP contribution in [0.1, 0.15) is 21.7 Å². The zero-order valence-electron chi connectivity index (χ0n) is 17.4. The fourth-order valence-corrected chi connectivity index (χ4v) is 3.62. The molecule has 2 heterocycles. The summed E-state index contributed by atoms with van der Waals surface area (Å²) >= 11 is 0. The molecule has 0 saturated carbocycles. The van der Waals surface area contributed by atoms with E-state index in [2.05, 4.69) is 4.98 Å². The van der Waals surface area contributed by atoms with Crippen molar-refractivity contribution in [2.45, 2.75) is 0 Å². The zero-order chi connectivity index (χ0) is 23.8. The molecule has 0 atom stereocenters. The van der Waals surface area contributed by atoms with Crippen LogP contribution in [0.4, 0.5) is 5.69 Å². The molecule has 0 spiro atoms. The topological polar surface area (TPSA) is 134 Å². The predicted octanol–water partition coefficient (Wildman–Crippen LogP) is 3.89. The average molecular weight is 457 g/mol. The fourth-order valence-electron chi connectivity index (χ4n) is 3.62. The number of carboxylic acid groups (broad SMARTS) is 1. The Labute approximate surface area is 191 Å². The van der Waals surface area contributed by atoms with Gasteiger partial charge < -0.3 is 14.6 Å². The molecular formula is C24H15N3O7. The highest BCUT2D eigenvalue weighted by Crippen LogP contribution is 2.34.